The normalized spacial score (nSPS) is 13.5. The third-order valence-electron chi connectivity index (χ3n) is 7.85. The number of aliphatic hydroxyl groups excluding tert-OH is 1. The quantitative estimate of drug-likeness (QED) is 0.284. The highest BCUT2D eigenvalue weighted by Crippen LogP contribution is 2.51. The fraction of sp³-hybridized carbons (Fsp3) is 0.176. The molecule has 1 aliphatic rings. The number of benzene rings is 5. The zero-order chi connectivity index (χ0) is 25.0. The lowest BCUT2D eigenvalue weighted by atomic mass is 9.82. The van der Waals surface area contributed by atoms with Crippen molar-refractivity contribution in [3.63, 3.8) is 0 Å². The van der Waals surface area contributed by atoms with E-state index in [0.717, 1.165) is 22.6 Å². The first-order valence-corrected chi connectivity index (χ1v) is 12.6. The van der Waals surface area contributed by atoms with E-state index in [1.54, 1.807) is 0 Å². The maximum absolute atomic E-state index is 9.91. The minimum absolute atomic E-state index is 0.0158. The lowest BCUT2D eigenvalue weighted by Gasteiger charge is -2.29. The summed E-state index contributed by atoms with van der Waals surface area (Å²) in [5, 5.41) is 12.4. The highest BCUT2D eigenvalue weighted by molar-refractivity contribution is 6.02. The van der Waals surface area contributed by atoms with Crippen LogP contribution < -0.4 is 4.90 Å². The molecular weight excluding hydrogens is 438 g/mol. The largest absolute Gasteiger partial charge is 0.392 e. The van der Waals surface area contributed by atoms with Crippen LogP contribution in [0, 0.1) is 13.8 Å². The van der Waals surface area contributed by atoms with E-state index < -0.39 is 0 Å². The average Bonchev–Trinajstić information content (AvgIpc) is 3.12. The van der Waals surface area contributed by atoms with Gasteiger partial charge in [-0.2, -0.15) is 0 Å². The second kappa shape index (κ2) is 8.36. The number of rotatable bonds is 4. The van der Waals surface area contributed by atoms with Crippen LogP contribution in [0.1, 0.15) is 41.7 Å². The van der Waals surface area contributed by atoms with Gasteiger partial charge in [0.15, 0.2) is 0 Å². The molecule has 0 radical (unpaired) electrons. The molecule has 178 valence electrons. The summed E-state index contributed by atoms with van der Waals surface area (Å²) in [6, 6.07) is 34.9. The Morgan fingerprint density at radius 1 is 0.667 bits per heavy atom. The lowest BCUT2D eigenvalue weighted by Crippen LogP contribution is -2.16. The molecule has 0 amide bonds. The molecule has 0 spiro atoms. The number of fused-ring (bicyclic) bond motifs is 4. The van der Waals surface area contributed by atoms with Crippen molar-refractivity contribution in [1.82, 2.24) is 0 Å². The molecule has 0 unspecified atom stereocenters. The van der Waals surface area contributed by atoms with Gasteiger partial charge in [-0.05, 0) is 88.5 Å². The molecule has 1 aliphatic carbocycles. The van der Waals surface area contributed by atoms with Crippen LogP contribution in [0.5, 0.6) is 0 Å². The zero-order valence-corrected chi connectivity index (χ0v) is 21.3. The van der Waals surface area contributed by atoms with E-state index in [1.807, 2.05) is 12.1 Å². The van der Waals surface area contributed by atoms with Crippen LogP contribution in [0.25, 0.3) is 21.9 Å². The summed E-state index contributed by atoms with van der Waals surface area (Å²) in [5.74, 6) is 0. The van der Waals surface area contributed by atoms with E-state index in [1.165, 1.54) is 44.2 Å². The highest BCUT2D eigenvalue weighted by atomic mass is 16.3. The Balaban J connectivity index is 1.62. The Hall–Kier alpha value is -3.88. The standard InChI is InChI=1S/C34H31NO/c1-22-9-7-13-29-32(18-15-23(2)33(22)29)35(25-11-8-10-24(19-25)21-36)26-16-17-28-27-12-5-6-14-30(27)34(3,4)31(28)20-26/h5-20,36H,21H2,1-4H3. The monoisotopic (exact) mass is 469 g/mol. The van der Waals surface area contributed by atoms with E-state index in [2.05, 4.69) is 118 Å². The van der Waals surface area contributed by atoms with Gasteiger partial charge in [0.05, 0.1) is 12.3 Å². The Kier molecular flexibility index (Phi) is 5.24. The lowest BCUT2D eigenvalue weighted by molar-refractivity contribution is 0.282. The van der Waals surface area contributed by atoms with E-state index >= 15 is 0 Å². The Morgan fingerprint density at radius 3 is 2.22 bits per heavy atom. The molecule has 0 aliphatic heterocycles. The Bertz CT molecular complexity index is 1620. The van der Waals surface area contributed by atoms with Gasteiger partial charge in [-0.25, -0.2) is 0 Å². The van der Waals surface area contributed by atoms with Gasteiger partial charge in [-0.1, -0.05) is 80.6 Å². The number of aliphatic hydroxyl groups is 1. The van der Waals surface area contributed by atoms with Crippen molar-refractivity contribution in [2.24, 2.45) is 0 Å². The molecule has 0 atom stereocenters. The first-order valence-electron chi connectivity index (χ1n) is 12.6. The van der Waals surface area contributed by atoms with E-state index in [9.17, 15) is 5.11 Å². The SMILES string of the molecule is Cc1cccc2c(N(c3cccc(CO)c3)c3ccc4c(c3)C(C)(C)c3ccccc3-4)ccc(C)c12. The molecule has 0 fully saturated rings. The second-order valence-electron chi connectivity index (χ2n) is 10.5. The van der Waals surface area contributed by atoms with Crippen molar-refractivity contribution in [3.05, 3.63) is 125 Å². The summed E-state index contributed by atoms with van der Waals surface area (Å²) in [7, 11) is 0. The van der Waals surface area contributed by atoms with E-state index in [-0.39, 0.29) is 12.0 Å². The second-order valence-corrected chi connectivity index (χ2v) is 10.5. The van der Waals surface area contributed by atoms with Crippen LogP contribution in [0.4, 0.5) is 17.1 Å². The van der Waals surface area contributed by atoms with Gasteiger partial charge in [-0.15, -0.1) is 0 Å². The average molecular weight is 470 g/mol. The third-order valence-corrected chi connectivity index (χ3v) is 7.85. The number of anilines is 3. The topological polar surface area (TPSA) is 23.5 Å². The molecule has 0 aromatic heterocycles. The number of hydrogen-bond donors (Lipinski definition) is 1. The van der Waals surface area contributed by atoms with Gasteiger partial charge in [0.25, 0.3) is 0 Å². The number of nitrogens with zero attached hydrogens (tertiary/aromatic N) is 1. The third kappa shape index (κ3) is 3.37. The van der Waals surface area contributed by atoms with Crippen LogP contribution in [-0.2, 0) is 12.0 Å². The summed E-state index contributed by atoms with van der Waals surface area (Å²) < 4.78 is 0. The predicted octanol–water partition coefficient (Wildman–Crippen LogP) is 8.73. The van der Waals surface area contributed by atoms with Crippen molar-refractivity contribution >= 4 is 27.8 Å². The first-order chi connectivity index (χ1) is 17.4. The summed E-state index contributed by atoms with van der Waals surface area (Å²) in [6.45, 7) is 9.03. The molecule has 2 nitrogen and oxygen atoms in total. The maximum Gasteiger partial charge on any atom is 0.0682 e. The van der Waals surface area contributed by atoms with Gasteiger partial charge >= 0.3 is 0 Å². The number of aryl methyl sites for hydroxylation is 2. The van der Waals surface area contributed by atoms with Gasteiger partial charge in [-0.3, -0.25) is 0 Å². The molecule has 0 heterocycles. The minimum Gasteiger partial charge on any atom is -0.392 e. The molecule has 0 bridgehead atoms. The molecular formula is C34H31NO. The fourth-order valence-electron chi connectivity index (χ4n) is 6.03. The van der Waals surface area contributed by atoms with Crippen LogP contribution in [0.2, 0.25) is 0 Å². The first kappa shape index (κ1) is 22.6. The summed E-state index contributed by atoms with van der Waals surface area (Å²) >= 11 is 0. The molecule has 2 heteroatoms. The maximum atomic E-state index is 9.91. The van der Waals surface area contributed by atoms with Gasteiger partial charge in [0.1, 0.15) is 0 Å². The van der Waals surface area contributed by atoms with Crippen molar-refractivity contribution in [2.45, 2.75) is 39.7 Å². The van der Waals surface area contributed by atoms with Crippen LogP contribution >= 0.6 is 0 Å². The van der Waals surface area contributed by atoms with Gasteiger partial charge in [0, 0.05) is 22.2 Å². The molecule has 5 aromatic carbocycles. The summed E-state index contributed by atoms with van der Waals surface area (Å²) in [5.41, 5.74) is 12.1. The van der Waals surface area contributed by atoms with Crippen molar-refractivity contribution in [3.8, 4) is 11.1 Å². The van der Waals surface area contributed by atoms with Crippen molar-refractivity contribution in [1.29, 1.82) is 0 Å². The van der Waals surface area contributed by atoms with E-state index in [0.29, 0.717) is 0 Å². The van der Waals surface area contributed by atoms with Crippen LogP contribution in [0.3, 0.4) is 0 Å². The fourth-order valence-corrected chi connectivity index (χ4v) is 6.03. The molecule has 6 rings (SSSR count). The smallest absolute Gasteiger partial charge is 0.0682 e. The molecule has 1 N–H and O–H groups in total. The minimum atomic E-state index is -0.0769. The van der Waals surface area contributed by atoms with Crippen LogP contribution in [-0.4, -0.2) is 5.11 Å². The number of hydrogen-bond acceptors (Lipinski definition) is 2. The summed E-state index contributed by atoms with van der Waals surface area (Å²) in [6.07, 6.45) is 0. The molecule has 0 saturated heterocycles. The summed E-state index contributed by atoms with van der Waals surface area (Å²) in [4.78, 5) is 2.35. The van der Waals surface area contributed by atoms with Crippen LogP contribution in [0.15, 0.2) is 97.1 Å². The van der Waals surface area contributed by atoms with Gasteiger partial charge in [0.2, 0.25) is 0 Å². The Labute approximate surface area is 213 Å². The molecule has 5 aromatic rings. The Morgan fingerprint density at radius 2 is 1.39 bits per heavy atom. The molecule has 36 heavy (non-hydrogen) atoms. The van der Waals surface area contributed by atoms with Crippen molar-refractivity contribution < 1.29 is 5.11 Å². The van der Waals surface area contributed by atoms with E-state index in [4.69, 9.17) is 0 Å². The zero-order valence-electron chi connectivity index (χ0n) is 21.3. The predicted molar refractivity (Wildman–Crippen MR) is 152 cm³/mol. The molecule has 0 saturated carbocycles. The highest BCUT2D eigenvalue weighted by Gasteiger charge is 2.35. The van der Waals surface area contributed by atoms with Crippen molar-refractivity contribution in [2.75, 3.05) is 4.90 Å². The van der Waals surface area contributed by atoms with Gasteiger partial charge < -0.3 is 10.0 Å².